The standard InChI is InChI=1S/C30H37NO13/c1-14-6-7-18(13-32)24-22(14)29-10-11-31(5)16(3)30(29,40)9-8-19(25(29)44-24)42-27(38)15(2)23(41-17(4)33)28(39)43-20(26(36)37)12-21(34)35/h6-8,15-16,20,23,25,32,40H,9-13H2,1-5H3,(H,34,35)(H,36,37)/t15-,16-,20+,23-,25+,29+,30-/m1/s1. The lowest BCUT2D eigenvalue weighted by atomic mass is 9.54. The number of aliphatic carboxylic acids is 2. The van der Waals surface area contributed by atoms with E-state index in [1.807, 2.05) is 31.9 Å². The predicted molar refractivity (Wildman–Crippen MR) is 148 cm³/mol. The number of carboxylic acids is 2. The number of aliphatic hydroxyl groups excluding tert-OH is 1. The molecule has 3 aliphatic rings. The minimum Gasteiger partial charge on any atom is -0.481 e. The molecule has 4 rings (SSSR count). The third kappa shape index (κ3) is 5.41. The van der Waals surface area contributed by atoms with Crippen molar-refractivity contribution < 1.29 is 63.3 Å². The van der Waals surface area contributed by atoms with Crippen molar-refractivity contribution in [2.75, 3.05) is 13.6 Å². The van der Waals surface area contributed by atoms with E-state index in [4.69, 9.17) is 24.1 Å². The Morgan fingerprint density at radius 2 is 1.82 bits per heavy atom. The number of ether oxygens (including phenoxy) is 4. The van der Waals surface area contributed by atoms with Crippen molar-refractivity contribution >= 4 is 29.8 Å². The SMILES string of the molecule is CC(=O)O[C@@H](C(=O)O[C@@H](CC(=O)O)C(=O)O)[C@@H](C)C(=O)OC1=CC[C@@]2(O)[C@@H](C)N(C)CC[C@@]23c2c(C)ccc(CO)c2O[C@@H]13. The molecule has 2 heterocycles. The quantitative estimate of drug-likeness (QED) is 0.211. The van der Waals surface area contributed by atoms with Crippen molar-refractivity contribution in [2.45, 2.75) is 88.9 Å². The summed E-state index contributed by atoms with van der Waals surface area (Å²) in [5.41, 5.74) is -0.407. The Bertz CT molecular complexity index is 1410. The Labute approximate surface area is 253 Å². The van der Waals surface area contributed by atoms with Crippen molar-refractivity contribution in [3.63, 3.8) is 0 Å². The number of fused-ring (bicyclic) bond motifs is 1. The van der Waals surface area contributed by atoms with Crippen LogP contribution in [-0.2, 0) is 50.2 Å². The van der Waals surface area contributed by atoms with E-state index in [-0.39, 0.29) is 24.8 Å². The summed E-state index contributed by atoms with van der Waals surface area (Å²) in [4.78, 5) is 62.7. The molecule has 240 valence electrons. The Hall–Kier alpha value is -4.01. The van der Waals surface area contributed by atoms with Gasteiger partial charge in [-0.05, 0) is 52.4 Å². The van der Waals surface area contributed by atoms with Crippen LogP contribution in [0.1, 0.15) is 56.7 Å². The van der Waals surface area contributed by atoms with Gasteiger partial charge in [-0.3, -0.25) is 14.4 Å². The highest BCUT2D eigenvalue weighted by Gasteiger charge is 2.69. The molecule has 14 heteroatoms. The molecule has 1 fully saturated rings. The van der Waals surface area contributed by atoms with Crippen LogP contribution in [0.5, 0.6) is 5.75 Å². The topological polar surface area (TPSA) is 206 Å². The summed E-state index contributed by atoms with van der Waals surface area (Å²) < 4.78 is 22.0. The molecule has 1 saturated heterocycles. The highest BCUT2D eigenvalue weighted by atomic mass is 16.6. The third-order valence-electron chi connectivity index (χ3n) is 9.07. The molecular weight excluding hydrogens is 582 g/mol. The second kappa shape index (κ2) is 12.2. The van der Waals surface area contributed by atoms with Gasteiger partial charge in [0.25, 0.3) is 0 Å². The molecular formula is C30H37NO13. The minimum absolute atomic E-state index is 0.0481. The first kappa shape index (κ1) is 32.9. The molecule has 14 nitrogen and oxygen atoms in total. The van der Waals surface area contributed by atoms with Crippen LogP contribution in [0.3, 0.4) is 0 Å². The fourth-order valence-electron chi connectivity index (χ4n) is 6.61. The number of carbonyl (C=O) groups excluding carboxylic acids is 3. The third-order valence-corrected chi connectivity index (χ3v) is 9.07. The van der Waals surface area contributed by atoms with Crippen molar-refractivity contribution in [1.29, 1.82) is 0 Å². The van der Waals surface area contributed by atoms with Gasteiger partial charge >= 0.3 is 29.8 Å². The zero-order valence-corrected chi connectivity index (χ0v) is 25.1. The summed E-state index contributed by atoms with van der Waals surface area (Å²) in [6.45, 7) is 6.18. The highest BCUT2D eigenvalue weighted by Crippen LogP contribution is 2.61. The van der Waals surface area contributed by atoms with Crippen molar-refractivity contribution in [1.82, 2.24) is 4.90 Å². The first-order valence-corrected chi connectivity index (χ1v) is 14.2. The van der Waals surface area contributed by atoms with Crippen LogP contribution in [0.15, 0.2) is 24.0 Å². The number of piperidine rings is 1. The number of hydrogen-bond acceptors (Lipinski definition) is 12. The minimum atomic E-state index is -2.10. The lowest BCUT2D eigenvalue weighted by Crippen LogP contribution is -2.71. The lowest BCUT2D eigenvalue weighted by molar-refractivity contribution is -0.184. The second-order valence-electron chi connectivity index (χ2n) is 11.6. The number of hydrogen-bond donors (Lipinski definition) is 4. The van der Waals surface area contributed by atoms with Gasteiger partial charge < -0.3 is 44.3 Å². The largest absolute Gasteiger partial charge is 0.481 e. The number of nitrogens with zero attached hydrogens (tertiary/aromatic N) is 1. The lowest BCUT2D eigenvalue weighted by Gasteiger charge is -2.58. The number of aliphatic hydroxyl groups is 2. The number of likely N-dealkylation sites (N-methyl/N-ethyl adjacent to an activating group) is 1. The summed E-state index contributed by atoms with van der Waals surface area (Å²) in [6, 6.07) is 3.22. The van der Waals surface area contributed by atoms with Crippen LogP contribution in [0, 0.1) is 12.8 Å². The van der Waals surface area contributed by atoms with E-state index in [1.54, 1.807) is 6.07 Å². The fraction of sp³-hybridized carbons (Fsp3) is 0.567. The zero-order valence-electron chi connectivity index (χ0n) is 25.1. The summed E-state index contributed by atoms with van der Waals surface area (Å²) in [5.74, 6) is -7.87. The van der Waals surface area contributed by atoms with Crippen molar-refractivity contribution in [3.8, 4) is 5.75 Å². The zero-order chi connectivity index (χ0) is 32.7. The van der Waals surface area contributed by atoms with Crippen LogP contribution < -0.4 is 4.74 Å². The number of carbonyl (C=O) groups is 5. The molecule has 0 unspecified atom stereocenters. The molecule has 0 radical (unpaired) electrons. The van der Waals surface area contributed by atoms with Gasteiger partial charge in [0.05, 0.1) is 24.0 Å². The van der Waals surface area contributed by atoms with E-state index < -0.39 is 71.5 Å². The Morgan fingerprint density at radius 3 is 2.41 bits per heavy atom. The van der Waals surface area contributed by atoms with E-state index in [0.717, 1.165) is 12.5 Å². The van der Waals surface area contributed by atoms with E-state index in [9.17, 15) is 39.3 Å². The molecule has 2 aliphatic heterocycles. The number of aryl methyl sites for hydroxylation is 1. The van der Waals surface area contributed by atoms with Crippen LogP contribution in [0.2, 0.25) is 0 Å². The Balaban J connectivity index is 1.68. The maximum Gasteiger partial charge on any atom is 0.349 e. The molecule has 1 spiro atoms. The molecule has 0 amide bonds. The normalized spacial score (nSPS) is 27.7. The first-order valence-electron chi connectivity index (χ1n) is 14.2. The Morgan fingerprint density at radius 1 is 1.14 bits per heavy atom. The molecule has 1 aromatic carbocycles. The van der Waals surface area contributed by atoms with Gasteiger partial charge in [0.1, 0.15) is 17.4 Å². The maximum atomic E-state index is 13.5. The number of esters is 3. The van der Waals surface area contributed by atoms with Crippen molar-refractivity contribution in [3.05, 3.63) is 40.7 Å². The van der Waals surface area contributed by atoms with E-state index in [2.05, 4.69) is 0 Å². The van der Waals surface area contributed by atoms with Crippen LogP contribution in [0.25, 0.3) is 0 Å². The average Bonchev–Trinajstić information content (AvgIpc) is 3.32. The highest BCUT2D eigenvalue weighted by molar-refractivity contribution is 5.88. The molecule has 1 aromatic rings. The number of benzene rings is 1. The molecule has 4 N–H and O–H groups in total. The molecule has 0 bridgehead atoms. The van der Waals surface area contributed by atoms with Crippen molar-refractivity contribution in [2.24, 2.45) is 5.92 Å². The van der Waals surface area contributed by atoms with Gasteiger partial charge in [-0.2, -0.15) is 0 Å². The van der Waals surface area contributed by atoms with Gasteiger partial charge in [0, 0.05) is 30.5 Å². The van der Waals surface area contributed by atoms with Gasteiger partial charge in [-0.15, -0.1) is 0 Å². The summed E-state index contributed by atoms with van der Waals surface area (Å²) >= 11 is 0. The predicted octanol–water partition coefficient (Wildman–Crippen LogP) is 0.811. The number of likely N-dealkylation sites (tertiary alicyclic amines) is 1. The van der Waals surface area contributed by atoms with Gasteiger partial charge in [0.15, 0.2) is 6.10 Å². The van der Waals surface area contributed by atoms with Gasteiger partial charge in [-0.1, -0.05) is 12.1 Å². The molecule has 7 atom stereocenters. The average molecular weight is 620 g/mol. The van der Waals surface area contributed by atoms with Gasteiger partial charge in [-0.25, -0.2) is 9.59 Å². The summed E-state index contributed by atoms with van der Waals surface area (Å²) in [6.07, 6.45) is -4.09. The monoisotopic (exact) mass is 619 g/mol. The molecule has 1 aliphatic carbocycles. The molecule has 0 aromatic heterocycles. The summed E-state index contributed by atoms with van der Waals surface area (Å²) in [5, 5.41) is 40.7. The smallest absolute Gasteiger partial charge is 0.349 e. The Kier molecular flexibility index (Phi) is 9.10. The number of carboxylic acid groups (broad SMARTS) is 2. The van der Waals surface area contributed by atoms with E-state index >= 15 is 0 Å². The molecule has 0 saturated carbocycles. The van der Waals surface area contributed by atoms with E-state index in [1.165, 1.54) is 13.0 Å². The molecule has 44 heavy (non-hydrogen) atoms. The van der Waals surface area contributed by atoms with Gasteiger partial charge in [0.2, 0.25) is 12.2 Å². The van der Waals surface area contributed by atoms with Crippen LogP contribution in [0.4, 0.5) is 0 Å². The van der Waals surface area contributed by atoms with Crippen LogP contribution >= 0.6 is 0 Å². The fourth-order valence-corrected chi connectivity index (χ4v) is 6.61. The first-order chi connectivity index (χ1) is 20.6. The second-order valence-corrected chi connectivity index (χ2v) is 11.6. The van der Waals surface area contributed by atoms with E-state index in [0.29, 0.717) is 29.8 Å². The van der Waals surface area contributed by atoms with Crippen LogP contribution in [-0.4, -0.2) is 98.7 Å². The summed E-state index contributed by atoms with van der Waals surface area (Å²) in [7, 11) is 1.90. The maximum absolute atomic E-state index is 13.5. The number of rotatable bonds is 10.